The Morgan fingerprint density at radius 3 is 2.80 bits per heavy atom. The summed E-state index contributed by atoms with van der Waals surface area (Å²) < 4.78 is 5.17. The Kier molecular flexibility index (Phi) is 3.99. The summed E-state index contributed by atoms with van der Waals surface area (Å²) in [5, 5.41) is 11.0. The van der Waals surface area contributed by atoms with Crippen LogP contribution in [0, 0.1) is 0 Å². The molecule has 0 aromatic rings. The van der Waals surface area contributed by atoms with E-state index < -0.39 is 28.9 Å². The van der Waals surface area contributed by atoms with Crippen molar-refractivity contribution in [2.24, 2.45) is 0 Å². The molecule has 0 spiro atoms. The maximum atomic E-state index is 12.3. The average Bonchev–Trinajstić information content (AvgIpc) is 2.43. The lowest BCUT2D eigenvalue weighted by Crippen LogP contribution is -2.80. The Bertz CT molecular complexity index is 523. The van der Waals surface area contributed by atoms with Crippen LogP contribution in [-0.4, -0.2) is 57.6 Å². The number of hydrogen-bond acceptors (Lipinski definition) is 5. The zero-order valence-corrected chi connectivity index (χ0v) is 12.4. The second-order valence-electron chi connectivity index (χ2n) is 4.39. The number of halogens is 1. The van der Waals surface area contributed by atoms with Crippen LogP contribution in [0.15, 0.2) is 11.3 Å². The molecule has 2 amide bonds. The van der Waals surface area contributed by atoms with Crippen molar-refractivity contribution in [2.75, 3.05) is 18.7 Å². The third-order valence-electron chi connectivity index (χ3n) is 3.19. The lowest BCUT2D eigenvalue weighted by atomic mass is 9.98. The van der Waals surface area contributed by atoms with E-state index in [0.29, 0.717) is 11.3 Å². The zero-order chi connectivity index (χ0) is 15.1. The number of amides is 2. The van der Waals surface area contributed by atoms with Crippen LogP contribution in [0.5, 0.6) is 0 Å². The van der Waals surface area contributed by atoms with Gasteiger partial charge in [0.25, 0.3) is 11.6 Å². The van der Waals surface area contributed by atoms with E-state index in [1.54, 1.807) is 6.92 Å². The molecule has 9 heteroatoms. The number of nitrogens with one attached hydrogen (secondary N) is 1. The Hall–Kier alpha value is -1.25. The smallest absolute Gasteiger partial charge is 0.352 e. The van der Waals surface area contributed by atoms with E-state index in [2.05, 4.69) is 5.32 Å². The standard InChI is InChI=1S/C11H13ClN2O5S/c1-5-4-20-10-11(19-2,13-6(15)3-12)9(18)14(10)7(5)8(16)17/h10H,3-4H2,1-2H3,(H,13,15)(H,16,17)/t10-,11-/m0/s1. The monoisotopic (exact) mass is 320 g/mol. The molecule has 2 N–H and O–H groups in total. The minimum absolute atomic E-state index is 0.0495. The molecule has 0 aromatic carbocycles. The van der Waals surface area contributed by atoms with Crippen molar-refractivity contribution in [3.05, 3.63) is 11.3 Å². The van der Waals surface area contributed by atoms with Gasteiger partial charge in [-0.2, -0.15) is 0 Å². The topological polar surface area (TPSA) is 95.9 Å². The number of carboxylic acid groups (broad SMARTS) is 1. The van der Waals surface area contributed by atoms with Crippen LogP contribution in [-0.2, 0) is 19.1 Å². The molecule has 2 aliphatic heterocycles. The molecule has 0 unspecified atom stereocenters. The Morgan fingerprint density at radius 1 is 1.65 bits per heavy atom. The largest absolute Gasteiger partial charge is 0.477 e. The molecule has 0 radical (unpaired) electrons. The highest BCUT2D eigenvalue weighted by molar-refractivity contribution is 8.00. The number of ether oxygens (including phenoxy) is 1. The molecule has 2 atom stereocenters. The minimum Gasteiger partial charge on any atom is -0.477 e. The summed E-state index contributed by atoms with van der Waals surface area (Å²) in [5.41, 5.74) is -0.995. The summed E-state index contributed by atoms with van der Waals surface area (Å²) in [6.07, 6.45) is 0. The summed E-state index contributed by atoms with van der Waals surface area (Å²) >= 11 is 6.75. The highest BCUT2D eigenvalue weighted by Crippen LogP contribution is 2.46. The molecule has 1 saturated heterocycles. The van der Waals surface area contributed by atoms with Gasteiger partial charge in [0.1, 0.15) is 17.0 Å². The quantitative estimate of drug-likeness (QED) is 0.428. The number of aliphatic carboxylic acids is 1. The first-order chi connectivity index (χ1) is 9.39. The Morgan fingerprint density at radius 2 is 2.30 bits per heavy atom. The van der Waals surface area contributed by atoms with Crippen molar-refractivity contribution in [3.63, 3.8) is 0 Å². The van der Waals surface area contributed by atoms with Crippen molar-refractivity contribution in [2.45, 2.75) is 18.0 Å². The summed E-state index contributed by atoms with van der Waals surface area (Å²) in [6.45, 7) is 1.66. The van der Waals surface area contributed by atoms with Crippen LogP contribution >= 0.6 is 23.4 Å². The molecule has 1 fully saturated rings. The van der Waals surface area contributed by atoms with Crippen LogP contribution in [0.4, 0.5) is 0 Å². The van der Waals surface area contributed by atoms with Gasteiger partial charge in [0.2, 0.25) is 5.91 Å². The molecule has 0 saturated carbocycles. The van der Waals surface area contributed by atoms with Gasteiger partial charge in [-0.3, -0.25) is 14.5 Å². The van der Waals surface area contributed by atoms with Gasteiger partial charge < -0.3 is 15.2 Å². The fourth-order valence-corrected chi connectivity index (χ4v) is 3.73. The van der Waals surface area contributed by atoms with Crippen molar-refractivity contribution >= 4 is 41.1 Å². The average molecular weight is 321 g/mol. The Balaban J connectivity index is 2.34. The van der Waals surface area contributed by atoms with Crippen molar-refractivity contribution < 1.29 is 24.2 Å². The molecule has 0 aromatic heterocycles. The lowest BCUT2D eigenvalue weighted by molar-refractivity contribution is -0.192. The predicted molar refractivity (Wildman–Crippen MR) is 72.0 cm³/mol. The number of carbonyl (C=O) groups is 3. The molecule has 2 rings (SSSR count). The SMILES string of the molecule is CO[C@@]1(NC(=O)CCl)C(=O)N2C(C(=O)O)=C(C)CS[C@H]21. The van der Waals surface area contributed by atoms with Crippen molar-refractivity contribution in [1.29, 1.82) is 0 Å². The number of rotatable bonds is 4. The second kappa shape index (κ2) is 5.27. The number of β-lactam (4-membered cyclic amide) rings is 1. The summed E-state index contributed by atoms with van der Waals surface area (Å²) in [6, 6.07) is 0. The van der Waals surface area contributed by atoms with Gasteiger partial charge >= 0.3 is 5.97 Å². The van der Waals surface area contributed by atoms with E-state index in [-0.39, 0.29) is 11.6 Å². The third-order valence-corrected chi connectivity index (χ3v) is 4.89. The fraction of sp³-hybridized carbons (Fsp3) is 0.545. The van der Waals surface area contributed by atoms with Gasteiger partial charge in [-0.25, -0.2) is 4.79 Å². The van der Waals surface area contributed by atoms with Crippen LogP contribution in [0.3, 0.4) is 0 Å². The molecule has 0 aliphatic carbocycles. The minimum atomic E-state index is -1.54. The molecule has 7 nitrogen and oxygen atoms in total. The first kappa shape index (κ1) is 15.1. The number of carboxylic acids is 1. The van der Waals surface area contributed by atoms with E-state index in [9.17, 15) is 19.5 Å². The van der Waals surface area contributed by atoms with Crippen LogP contribution in [0.25, 0.3) is 0 Å². The van der Waals surface area contributed by atoms with Gasteiger partial charge in [-0.15, -0.1) is 23.4 Å². The second-order valence-corrected chi connectivity index (χ2v) is 5.73. The van der Waals surface area contributed by atoms with Crippen LogP contribution in [0.1, 0.15) is 6.92 Å². The van der Waals surface area contributed by atoms with Crippen LogP contribution < -0.4 is 5.32 Å². The summed E-state index contributed by atoms with van der Waals surface area (Å²) in [5.74, 6) is -2.19. The fourth-order valence-electron chi connectivity index (χ4n) is 2.28. The number of hydrogen-bond donors (Lipinski definition) is 2. The lowest BCUT2D eigenvalue weighted by Gasteiger charge is -2.55. The third kappa shape index (κ3) is 1.99. The van der Waals surface area contributed by atoms with Gasteiger partial charge in [0.05, 0.1) is 0 Å². The van der Waals surface area contributed by atoms with Crippen LogP contribution in [0.2, 0.25) is 0 Å². The van der Waals surface area contributed by atoms with E-state index in [1.807, 2.05) is 0 Å². The molecule has 110 valence electrons. The highest BCUT2D eigenvalue weighted by Gasteiger charge is 2.66. The number of alkyl halides is 1. The normalized spacial score (nSPS) is 28.9. The first-order valence-corrected chi connectivity index (χ1v) is 7.27. The maximum Gasteiger partial charge on any atom is 0.352 e. The predicted octanol–water partition coefficient (Wildman–Crippen LogP) is -0.0422. The number of thioether (sulfide) groups is 1. The molecular weight excluding hydrogens is 308 g/mol. The van der Waals surface area contributed by atoms with E-state index in [0.717, 1.165) is 4.90 Å². The molecule has 2 heterocycles. The first-order valence-electron chi connectivity index (χ1n) is 5.69. The summed E-state index contributed by atoms with van der Waals surface area (Å²) in [7, 11) is 1.29. The Labute approximate surface area is 124 Å². The number of fused-ring (bicyclic) bond motifs is 1. The van der Waals surface area contributed by atoms with E-state index in [1.165, 1.54) is 18.9 Å². The number of methoxy groups -OCH3 is 1. The number of nitrogens with zero attached hydrogens (tertiary/aromatic N) is 1. The molecule has 20 heavy (non-hydrogen) atoms. The van der Waals surface area contributed by atoms with Gasteiger partial charge in [0, 0.05) is 12.9 Å². The summed E-state index contributed by atoms with van der Waals surface area (Å²) in [4.78, 5) is 36.2. The van der Waals surface area contributed by atoms with Gasteiger partial charge in [-0.1, -0.05) is 0 Å². The zero-order valence-electron chi connectivity index (χ0n) is 10.8. The molecule has 0 bridgehead atoms. The van der Waals surface area contributed by atoms with Crippen molar-refractivity contribution in [3.8, 4) is 0 Å². The number of carbonyl (C=O) groups excluding carboxylic acids is 2. The highest BCUT2D eigenvalue weighted by atomic mass is 35.5. The van der Waals surface area contributed by atoms with Gasteiger partial charge in [-0.05, 0) is 12.5 Å². The van der Waals surface area contributed by atoms with E-state index in [4.69, 9.17) is 16.3 Å². The maximum absolute atomic E-state index is 12.3. The van der Waals surface area contributed by atoms with E-state index >= 15 is 0 Å². The van der Waals surface area contributed by atoms with Crippen molar-refractivity contribution in [1.82, 2.24) is 10.2 Å². The molecule has 2 aliphatic rings. The van der Waals surface area contributed by atoms with Gasteiger partial charge in [0.15, 0.2) is 0 Å². The molecular formula is C11H13ClN2O5S.